The average Bonchev–Trinajstić information content (AvgIpc) is 3.00. The van der Waals surface area contributed by atoms with Crippen LogP contribution in [0.3, 0.4) is 0 Å². The lowest BCUT2D eigenvalue weighted by atomic mass is 10.2. The molecule has 0 radical (unpaired) electrons. The van der Waals surface area contributed by atoms with E-state index in [1.807, 2.05) is 0 Å². The normalized spacial score (nSPS) is 17.5. The third kappa shape index (κ3) is 1.75. The van der Waals surface area contributed by atoms with Crippen molar-refractivity contribution in [3.63, 3.8) is 0 Å². The van der Waals surface area contributed by atoms with Crippen molar-refractivity contribution in [2.75, 3.05) is 6.61 Å². The van der Waals surface area contributed by atoms with Crippen molar-refractivity contribution in [2.45, 2.75) is 18.4 Å². The smallest absolute Gasteiger partial charge is 0.251 e. The molecule has 1 aromatic heterocycles. The van der Waals surface area contributed by atoms with Crippen LogP contribution in [0.15, 0.2) is 24.5 Å². The van der Waals surface area contributed by atoms with Gasteiger partial charge in [0.15, 0.2) is 0 Å². The molecule has 1 aromatic rings. The van der Waals surface area contributed by atoms with Gasteiger partial charge < -0.3 is 10.4 Å². The molecule has 1 aliphatic rings. The first-order chi connectivity index (χ1) is 6.76. The average molecular weight is 192 g/mol. The summed E-state index contributed by atoms with van der Waals surface area (Å²) in [6.07, 6.45) is 4.88. The SMILES string of the molecule is O=C(NC1(CO)CC1)c1ccncc1. The van der Waals surface area contributed by atoms with E-state index >= 15 is 0 Å². The van der Waals surface area contributed by atoms with Crippen molar-refractivity contribution < 1.29 is 9.90 Å². The summed E-state index contributed by atoms with van der Waals surface area (Å²) >= 11 is 0. The number of hydrogen-bond acceptors (Lipinski definition) is 3. The fraction of sp³-hybridized carbons (Fsp3) is 0.400. The number of amides is 1. The molecule has 0 unspecified atom stereocenters. The minimum atomic E-state index is -0.347. The summed E-state index contributed by atoms with van der Waals surface area (Å²) in [6, 6.07) is 3.31. The Morgan fingerprint density at radius 1 is 1.50 bits per heavy atom. The lowest BCUT2D eigenvalue weighted by Gasteiger charge is -2.13. The molecule has 0 bridgehead atoms. The van der Waals surface area contributed by atoms with Crippen LogP contribution in [0, 0.1) is 0 Å². The van der Waals surface area contributed by atoms with Crippen LogP contribution in [0.4, 0.5) is 0 Å². The van der Waals surface area contributed by atoms with Gasteiger partial charge in [0.05, 0.1) is 12.1 Å². The Hall–Kier alpha value is -1.42. The molecule has 1 aliphatic carbocycles. The maximum Gasteiger partial charge on any atom is 0.251 e. The number of carbonyl (C=O) groups excluding carboxylic acids is 1. The first-order valence-corrected chi connectivity index (χ1v) is 4.59. The zero-order valence-electron chi connectivity index (χ0n) is 7.73. The number of pyridine rings is 1. The quantitative estimate of drug-likeness (QED) is 0.725. The van der Waals surface area contributed by atoms with E-state index in [4.69, 9.17) is 5.11 Å². The van der Waals surface area contributed by atoms with Gasteiger partial charge in [0, 0.05) is 18.0 Å². The van der Waals surface area contributed by atoms with E-state index in [0.717, 1.165) is 12.8 Å². The fourth-order valence-corrected chi connectivity index (χ4v) is 1.29. The van der Waals surface area contributed by atoms with Crippen LogP contribution in [0.5, 0.6) is 0 Å². The van der Waals surface area contributed by atoms with Crippen LogP contribution in [0.1, 0.15) is 23.2 Å². The van der Waals surface area contributed by atoms with Crippen molar-refractivity contribution in [3.8, 4) is 0 Å². The molecule has 1 heterocycles. The zero-order chi connectivity index (χ0) is 10.0. The zero-order valence-corrected chi connectivity index (χ0v) is 7.73. The van der Waals surface area contributed by atoms with E-state index in [1.54, 1.807) is 24.5 Å². The van der Waals surface area contributed by atoms with E-state index in [0.29, 0.717) is 5.56 Å². The van der Waals surface area contributed by atoms with Crippen LogP contribution in [-0.4, -0.2) is 28.1 Å². The molecule has 0 spiro atoms. The van der Waals surface area contributed by atoms with Gasteiger partial charge in [-0.05, 0) is 25.0 Å². The highest BCUT2D eigenvalue weighted by atomic mass is 16.3. The number of aliphatic hydroxyl groups excluding tert-OH is 1. The third-order valence-corrected chi connectivity index (χ3v) is 2.48. The van der Waals surface area contributed by atoms with E-state index < -0.39 is 0 Å². The summed E-state index contributed by atoms with van der Waals surface area (Å²) in [5.74, 6) is -0.140. The molecule has 74 valence electrons. The van der Waals surface area contributed by atoms with Gasteiger partial charge in [0.1, 0.15) is 0 Å². The predicted molar refractivity (Wildman–Crippen MR) is 50.8 cm³/mol. The number of aromatic nitrogens is 1. The van der Waals surface area contributed by atoms with E-state index in [-0.39, 0.29) is 18.1 Å². The van der Waals surface area contributed by atoms with E-state index in [9.17, 15) is 4.79 Å². The summed E-state index contributed by atoms with van der Waals surface area (Å²) in [5.41, 5.74) is 0.236. The minimum absolute atomic E-state index is 0.0177. The Balaban J connectivity index is 2.03. The van der Waals surface area contributed by atoms with Crippen LogP contribution in [0.25, 0.3) is 0 Å². The lowest BCUT2D eigenvalue weighted by Crippen LogP contribution is -2.39. The highest BCUT2D eigenvalue weighted by Gasteiger charge is 2.43. The lowest BCUT2D eigenvalue weighted by molar-refractivity contribution is 0.0906. The number of rotatable bonds is 3. The topological polar surface area (TPSA) is 62.2 Å². The number of nitrogens with zero attached hydrogens (tertiary/aromatic N) is 1. The summed E-state index contributed by atoms with van der Waals surface area (Å²) in [5, 5.41) is 11.8. The summed E-state index contributed by atoms with van der Waals surface area (Å²) in [4.78, 5) is 15.4. The molecular formula is C10H12N2O2. The van der Waals surface area contributed by atoms with Gasteiger partial charge in [-0.1, -0.05) is 0 Å². The molecule has 14 heavy (non-hydrogen) atoms. The summed E-state index contributed by atoms with van der Waals surface area (Å²) in [7, 11) is 0. The molecule has 0 aliphatic heterocycles. The number of carbonyl (C=O) groups is 1. The molecule has 1 saturated carbocycles. The fourth-order valence-electron chi connectivity index (χ4n) is 1.29. The van der Waals surface area contributed by atoms with Crippen molar-refractivity contribution >= 4 is 5.91 Å². The van der Waals surface area contributed by atoms with Crippen molar-refractivity contribution in [2.24, 2.45) is 0 Å². The maximum absolute atomic E-state index is 11.6. The van der Waals surface area contributed by atoms with Gasteiger partial charge in [0.25, 0.3) is 5.91 Å². The highest BCUT2D eigenvalue weighted by molar-refractivity contribution is 5.94. The molecule has 1 fully saturated rings. The second-order valence-corrected chi connectivity index (χ2v) is 3.63. The second-order valence-electron chi connectivity index (χ2n) is 3.63. The maximum atomic E-state index is 11.6. The van der Waals surface area contributed by atoms with Gasteiger partial charge in [-0.25, -0.2) is 0 Å². The van der Waals surface area contributed by atoms with Gasteiger partial charge >= 0.3 is 0 Å². The minimum Gasteiger partial charge on any atom is -0.394 e. The molecular weight excluding hydrogens is 180 g/mol. The van der Waals surface area contributed by atoms with Crippen molar-refractivity contribution in [1.82, 2.24) is 10.3 Å². The van der Waals surface area contributed by atoms with Gasteiger partial charge in [-0.2, -0.15) is 0 Å². The number of nitrogens with one attached hydrogen (secondary N) is 1. The first kappa shape index (κ1) is 9.15. The molecule has 4 nitrogen and oxygen atoms in total. The Kier molecular flexibility index (Phi) is 2.21. The number of aliphatic hydroxyl groups is 1. The Bertz CT molecular complexity index is 333. The van der Waals surface area contributed by atoms with Gasteiger partial charge in [-0.3, -0.25) is 9.78 Å². The Morgan fingerprint density at radius 2 is 2.14 bits per heavy atom. The Labute approximate surface area is 82.0 Å². The van der Waals surface area contributed by atoms with E-state index in [1.165, 1.54) is 0 Å². The molecule has 2 rings (SSSR count). The second kappa shape index (κ2) is 3.38. The molecule has 1 amide bonds. The van der Waals surface area contributed by atoms with Crippen LogP contribution >= 0.6 is 0 Å². The van der Waals surface area contributed by atoms with Gasteiger partial charge in [0.2, 0.25) is 0 Å². The molecule has 0 aromatic carbocycles. The van der Waals surface area contributed by atoms with Crippen LogP contribution < -0.4 is 5.32 Å². The molecule has 4 heteroatoms. The van der Waals surface area contributed by atoms with Crippen molar-refractivity contribution in [3.05, 3.63) is 30.1 Å². The third-order valence-electron chi connectivity index (χ3n) is 2.48. The molecule has 0 saturated heterocycles. The molecule has 0 atom stereocenters. The van der Waals surface area contributed by atoms with Crippen LogP contribution in [-0.2, 0) is 0 Å². The highest BCUT2D eigenvalue weighted by Crippen LogP contribution is 2.34. The Morgan fingerprint density at radius 3 is 2.64 bits per heavy atom. The van der Waals surface area contributed by atoms with Gasteiger partial charge in [-0.15, -0.1) is 0 Å². The van der Waals surface area contributed by atoms with E-state index in [2.05, 4.69) is 10.3 Å². The summed E-state index contributed by atoms with van der Waals surface area (Å²) in [6.45, 7) is 0.0177. The first-order valence-electron chi connectivity index (χ1n) is 4.59. The predicted octanol–water partition coefficient (Wildman–Crippen LogP) is 0.336. The summed E-state index contributed by atoms with van der Waals surface area (Å²) < 4.78 is 0. The largest absolute Gasteiger partial charge is 0.394 e. The standard InChI is InChI=1S/C10H12N2O2/c13-7-10(3-4-10)12-9(14)8-1-5-11-6-2-8/h1-2,5-6,13H,3-4,7H2,(H,12,14). The molecule has 2 N–H and O–H groups in total. The number of hydrogen-bond donors (Lipinski definition) is 2. The van der Waals surface area contributed by atoms with Crippen LogP contribution in [0.2, 0.25) is 0 Å². The van der Waals surface area contributed by atoms with Crippen molar-refractivity contribution in [1.29, 1.82) is 0 Å². The monoisotopic (exact) mass is 192 g/mol.